The molecule has 1 unspecified atom stereocenters. The summed E-state index contributed by atoms with van der Waals surface area (Å²) in [7, 11) is 3.17. The second-order valence-electron chi connectivity index (χ2n) is 6.07. The number of benzene rings is 2. The number of nitrogens with one attached hydrogen (secondary N) is 1. The van der Waals surface area contributed by atoms with Gasteiger partial charge in [0.05, 0.1) is 25.9 Å². The fraction of sp³-hybridized carbons (Fsp3) is 0.316. The van der Waals surface area contributed by atoms with Crippen LogP contribution < -0.4 is 19.7 Å². The maximum absolute atomic E-state index is 14.1. The zero-order chi connectivity index (χ0) is 18.7. The van der Waals surface area contributed by atoms with Crippen LogP contribution >= 0.6 is 0 Å². The van der Waals surface area contributed by atoms with Gasteiger partial charge < -0.3 is 19.7 Å². The van der Waals surface area contributed by atoms with Crippen molar-refractivity contribution in [2.24, 2.45) is 0 Å². The van der Waals surface area contributed by atoms with Crippen molar-refractivity contribution in [2.75, 3.05) is 37.5 Å². The molecule has 1 fully saturated rings. The van der Waals surface area contributed by atoms with Gasteiger partial charge in [0.15, 0.2) is 11.6 Å². The topological polar surface area (TPSA) is 57.5 Å². The predicted octanol–water partition coefficient (Wildman–Crippen LogP) is 3.54. The van der Waals surface area contributed by atoms with E-state index in [1.807, 2.05) is 12.1 Å². The number of nitriles is 1. The van der Waals surface area contributed by atoms with E-state index < -0.39 is 11.6 Å². The SMILES string of the molecule is COc1cc(OC)cc(N2CCC(Nc3c(F)cc(C#N)cc3F)C2)c1. The summed E-state index contributed by atoms with van der Waals surface area (Å²) in [6.07, 6.45) is 0.721. The van der Waals surface area contributed by atoms with Gasteiger partial charge in [-0.2, -0.15) is 5.26 Å². The van der Waals surface area contributed by atoms with Crippen LogP contribution in [0.25, 0.3) is 0 Å². The van der Waals surface area contributed by atoms with Gasteiger partial charge in [0, 0.05) is 43.0 Å². The molecule has 7 heteroatoms. The first-order chi connectivity index (χ1) is 12.5. The van der Waals surface area contributed by atoms with E-state index in [4.69, 9.17) is 14.7 Å². The zero-order valence-corrected chi connectivity index (χ0v) is 14.6. The lowest BCUT2D eigenvalue weighted by Gasteiger charge is -2.21. The molecule has 2 aromatic rings. The van der Waals surface area contributed by atoms with Gasteiger partial charge in [-0.15, -0.1) is 0 Å². The Morgan fingerprint density at radius 1 is 1.08 bits per heavy atom. The molecule has 0 spiro atoms. The quantitative estimate of drug-likeness (QED) is 0.885. The van der Waals surface area contributed by atoms with E-state index in [1.54, 1.807) is 26.4 Å². The van der Waals surface area contributed by atoms with Gasteiger partial charge in [0.2, 0.25) is 0 Å². The fourth-order valence-corrected chi connectivity index (χ4v) is 3.07. The third-order valence-electron chi connectivity index (χ3n) is 4.41. The molecule has 0 aliphatic carbocycles. The van der Waals surface area contributed by atoms with Crippen LogP contribution in [0.4, 0.5) is 20.2 Å². The second-order valence-corrected chi connectivity index (χ2v) is 6.07. The Morgan fingerprint density at radius 3 is 2.23 bits per heavy atom. The Labute approximate surface area is 150 Å². The van der Waals surface area contributed by atoms with E-state index in [1.165, 1.54) is 0 Å². The van der Waals surface area contributed by atoms with Crippen LogP contribution in [-0.4, -0.2) is 33.4 Å². The summed E-state index contributed by atoms with van der Waals surface area (Å²) < 4.78 is 38.7. The van der Waals surface area contributed by atoms with Gasteiger partial charge in [-0.25, -0.2) is 8.78 Å². The maximum atomic E-state index is 14.1. The molecular formula is C19H19F2N3O2. The van der Waals surface area contributed by atoms with Crippen LogP contribution in [0.15, 0.2) is 30.3 Å². The zero-order valence-electron chi connectivity index (χ0n) is 14.6. The normalized spacial score (nSPS) is 16.3. The van der Waals surface area contributed by atoms with Crippen molar-refractivity contribution >= 4 is 11.4 Å². The molecule has 1 atom stereocenters. The molecule has 0 bridgehead atoms. The van der Waals surface area contributed by atoms with Gasteiger partial charge >= 0.3 is 0 Å². The Balaban J connectivity index is 1.75. The van der Waals surface area contributed by atoms with Crippen LogP contribution in [-0.2, 0) is 0 Å². The molecule has 5 nitrogen and oxygen atoms in total. The molecule has 3 rings (SSSR count). The van der Waals surface area contributed by atoms with E-state index in [2.05, 4.69) is 10.2 Å². The lowest BCUT2D eigenvalue weighted by Crippen LogP contribution is -2.26. The molecular weight excluding hydrogens is 340 g/mol. The number of hydrogen-bond acceptors (Lipinski definition) is 5. The molecule has 1 heterocycles. The standard InChI is InChI=1S/C19H19F2N3O2/c1-25-15-7-14(8-16(9-15)26-2)24-4-3-13(11-24)23-19-17(20)5-12(10-22)6-18(19)21/h5-9,13,23H,3-4,11H2,1-2H3. The van der Waals surface area contributed by atoms with E-state index in [0.29, 0.717) is 18.0 Å². The smallest absolute Gasteiger partial charge is 0.150 e. The summed E-state index contributed by atoms with van der Waals surface area (Å²) in [5.41, 5.74) is 0.687. The number of nitrogens with zero attached hydrogens (tertiary/aromatic N) is 2. The first-order valence-corrected chi connectivity index (χ1v) is 8.17. The van der Waals surface area contributed by atoms with Crippen molar-refractivity contribution in [3.63, 3.8) is 0 Å². The monoisotopic (exact) mass is 359 g/mol. The maximum Gasteiger partial charge on any atom is 0.150 e. The van der Waals surface area contributed by atoms with E-state index in [-0.39, 0.29) is 17.3 Å². The molecule has 1 aliphatic heterocycles. The molecule has 136 valence electrons. The number of methoxy groups -OCH3 is 2. The third kappa shape index (κ3) is 3.64. The lowest BCUT2D eigenvalue weighted by atomic mass is 10.1. The Bertz CT molecular complexity index is 806. The number of anilines is 2. The number of hydrogen-bond donors (Lipinski definition) is 1. The minimum Gasteiger partial charge on any atom is -0.497 e. The lowest BCUT2D eigenvalue weighted by molar-refractivity contribution is 0.394. The summed E-state index contributed by atoms with van der Waals surface area (Å²) in [5, 5.41) is 11.7. The molecule has 26 heavy (non-hydrogen) atoms. The summed E-state index contributed by atoms with van der Waals surface area (Å²) in [6.45, 7) is 1.31. The Hall–Kier alpha value is -3.01. The number of halogens is 2. The molecule has 0 amide bonds. The highest BCUT2D eigenvalue weighted by Gasteiger charge is 2.25. The summed E-state index contributed by atoms with van der Waals surface area (Å²) >= 11 is 0. The molecule has 0 saturated carbocycles. The highest BCUT2D eigenvalue weighted by Crippen LogP contribution is 2.31. The largest absolute Gasteiger partial charge is 0.497 e. The van der Waals surface area contributed by atoms with Gasteiger partial charge in [0.25, 0.3) is 0 Å². The first kappa shape index (κ1) is 17.8. The van der Waals surface area contributed by atoms with Gasteiger partial charge in [-0.3, -0.25) is 0 Å². The van der Waals surface area contributed by atoms with Crippen molar-refractivity contribution in [2.45, 2.75) is 12.5 Å². The highest BCUT2D eigenvalue weighted by atomic mass is 19.1. The Kier molecular flexibility index (Phi) is 5.12. The van der Waals surface area contributed by atoms with E-state index in [0.717, 1.165) is 30.8 Å². The van der Waals surface area contributed by atoms with E-state index in [9.17, 15) is 8.78 Å². The molecule has 1 aliphatic rings. The van der Waals surface area contributed by atoms with Crippen molar-refractivity contribution < 1.29 is 18.3 Å². The van der Waals surface area contributed by atoms with Crippen LogP contribution in [0.2, 0.25) is 0 Å². The van der Waals surface area contributed by atoms with Crippen molar-refractivity contribution in [1.82, 2.24) is 0 Å². The van der Waals surface area contributed by atoms with Gasteiger partial charge in [-0.1, -0.05) is 0 Å². The molecule has 0 aromatic heterocycles. The highest BCUT2D eigenvalue weighted by molar-refractivity contribution is 5.57. The van der Waals surface area contributed by atoms with Crippen LogP contribution in [0.1, 0.15) is 12.0 Å². The predicted molar refractivity (Wildman–Crippen MR) is 94.9 cm³/mol. The van der Waals surface area contributed by atoms with Crippen LogP contribution in [0.3, 0.4) is 0 Å². The second kappa shape index (κ2) is 7.48. The number of rotatable bonds is 5. The van der Waals surface area contributed by atoms with Crippen molar-refractivity contribution in [3.05, 3.63) is 47.5 Å². The van der Waals surface area contributed by atoms with Crippen LogP contribution in [0.5, 0.6) is 11.5 Å². The molecule has 1 saturated heterocycles. The van der Waals surface area contributed by atoms with Gasteiger partial charge in [0.1, 0.15) is 17.2 Å². The van der Waals surface area contributed by atoms with Crippen molar-refractivity contribution in [1.29, 1.82) is 5.26 Å². The minimum absolute atomic E-state index is 0.0397. The summed E-state index contributed by atoms with van der Waals surface area (Å²) in [5.74, 6) is -0.161. The van der Waals surface area contributed by atoms with E-state index >= 15 is 0 Å². The first-order valence-electron chi connectivity index (χ1n) is 8.17. The van der Waals surface area contributed by atoms with Gasteiger partial charge in [-0.05, 0) is 18.6 Å². The molecule has 2 aromatic carbocycles. The molecule has 1 N–H and O–H groups in total. The average molecular weight is 359 g/mol. The molecule has 0 radical (unpaired) electrons. The number of ether oxygens (including phenoxy) is 2. The average Bonchev–Trinajstić information content (AvgIpc) is 3.12. The summed E-state index contributed by atoms with van der Waals surface area (Å²) in [4.78, 5) is 2.10. The summed E-state index contributed by atoms with van der Waals surface area (Å²) in [6, 6.07) is 9.27. The van der Waals surface area contributed by atoms with Crippen LogP contribution in [0, 0.1) is 23.0 Å². The Morgan fingerprint density at radius 2 is 1.69 bits per heavy atom. The minimum atomic E-state index is -0.761. The fourth-order valence-electron chi connectivity index (χ4n) is 3.07. The third-order valence-corrected chi connectivity index (χ3v) is 4.41. The van der Waals surface area contributed by atoms with Crippen molar-refractivity contribution in [3.8, 4) is 17.6 Å².